The molecule has 0 aliphatic carbocycles. The first-order valence-corrected chi connectivity index (χ1v) is 11.9. The van der Waals surface area contributed by atoms with Gasteiger partial charge in [0.05, 0.1) is 29.7 Å². The van der Waals surface area contributed by atoms with E-state index < -0.39 is 15.9 Å². The molecule has 3 aromatic rings. The van der Waals surface area contributed by atoms with Crippen molar-refractivity contribution in [3.63, 3.8) is 0 Å². The summed E-state index contributed by atoms with van der Waals surface area (Å²) in [6, 6.07) is 6.80. The number of aryl methyl sites for hydroxylation is 2. The summed E-state index contributed by atoms with van der Waals surface area (Å²) in [5, 5.41) is 5.17. The molecule has 0 atom stereocenters. The van der Waals surface area contributed by atoms with Gasteiger partial charge in [0.1, 0.15) is 5.69 Å². The SMILES string of the molecule is COc1ncc(NC(=O)c2csc(C(C)C)n2)cc1S(=O)(=O)Nc1c(C)cccc1C. The van der Waals surface area contributed by atoms with Crippen LogP contribution in [0.15, 0.2) is 40.7 Å². The molecule has 0 aliphatic heterocycles. The van der Waals surface area contributed by atoms with Gasteiger partial charge in [0, 0.05) is 11.3 Å². The molecule has 8 nitrogen and oxygen atoms in total. The maximum Gasteiger partial charge on any atom is 0.275 e. The number of rotatable bonds is 7. The summed E-state index contributed by atoms with van der Waals surface area (Å²) >= 11 is 1.40. The first kappa shape index (κ1) is 22.7. The van der Waals surface area contributed by atoms with Crippen LogP contribution in [0.25, 0.3) is 0 Å². The third kappa shape index (κ3) is 5.02. The van der Waals surface area contributed by atoms with E-state index in [4.69, 9.17) is 4.74 Å². The van der Waals surface area contributed by atoms with Crippen LogP contribution >= 0.6 is 11.3 Å². The lowest BCUT2D eigenvalue weighted by Gasteiger charge is -2.15. The third-order valence-electron chi connectivity index (χ3n) is 4.53. The number of pyridine rings is 1. The third-order valence-corrected chi connectivity index (χ3v) is 7.01. The Kier molecular flexibility index (Phi) is 6.61. The Morgan fingerprint density at radius 2 is 1.87 bits per heavy atom. The highest BCUT2D eigenvalue weighted by Gasteiger charge is 2.24. The maximum atomic E-state index is 13.1. The number of para-hydroxylation sites is 1. The van der Waals surface area contributed by atoms with Crippen LogP contribution in [0.3, 0.4) is 0 Å². The minimum Gasteiger partial charge on any atom is -0.480 e. The number of nitrogens with zero attached hydrogens (tertiary/aromatic N) is 2. The molecule has 10 heteroatoms. The molecular formula is C21H24N4O4S2. The lowest BCUT2D eigenvalue weighted by Crippen LogP contribution is -2.18. The van der Waals surface area contributed by atoms with Gasteiger partial charge in [-0.05, 0) is 31.0 Å². The molecule has 0 spiro atoms. The molecule has 2 heterocycles. The average molecular weight is 461 g/mol. The van der Waals surface area contributed by atoms with Crippen LogP contribution in [0.4, 0.5) is 11.4 Å². The fourth-order valence-electron chi connectivity index (χ4n) is 2.86. The van der Waals surface area contributed by atoms with Crippen LogP contribution in [0.5, 0.6) is 5.88 Å². The van der Waals surface area contributed by atoms with E-state index in [9.17, 15) is 13.2 Å². The van der Waals surface area contributed by atoms with Gasteiger partial charge in [0.25, 0.3) is 15.9 Å². The molecule has 2 aromatic heterocycles. The summed E-state index contributed by atoms with van der Waals surface area (Å²) in [6.07, 6.45) is 1.34. The molecule has 0 aliphatic rings. The second kappa shape index (κ2) is 9.03. The number of hydrogen-bond acceptors (Lipinski definition) is 7. The number of methoxy groups -OCH3 is 1. The highest BCUT2D eigenvalue weighted by atomic mass is 32.2. The van der Waals surface area contributed by atoms with Crippen molar-refractivity contribution in [3.05, 3.63) is 57.7 Å². The first-order valence-electron chi connectivity index (χ1n) is 9.52. The predicted octanol–water partition coefficient (Wildman–Crippen LogP) is 4.34. The normalized spacial score (nSPS) is 11.4. The van der Waals surface area contributed by atoms with Crippen LogP contribution in [0.2, 0.25) is 0 Å². The molecule has 0 saturated carbocycles. The van der Waals surface area contributed by atoms with Crippen LogP contribution in [-0.2, 0) is 10.0 Å². The highest BCUT2D eigenvalue weighted by Crippen LogP contribution is 2.29. The Hall–Kier alpha value is -2.98. The number of ether oxygens (including phenoxy) is 1. The number of thiazole rings is 1. The maximum absolute atomic E-state index is 13.1. The van der Waals surface area contributed by atoms with Crippen molar-refractivity contribution >= 4 is 38.6 Å². The number of carbonyl (C=O) groups excluding carboxylic acids is 1. The molecule has 3 rings (SSSR count). The number of benzene rings is 1. The van der Waals surface area contributed by atoms with Crippen molar-refractivity contribution in [2.75, 3.05) is 17.1 Å². The quantitative estimate of drug-likeness (QED) is 0.543. The van der Waals surface area contributed by atoms with E-state index in [1.165, 1.54) is 30.7 Å². The van der Waals surface area contributed by atoms with E-state index in [1.807, 2.05) is 45.9 Å². The summed E-state index contributed by atoms with van der Waals surface area (Å²) in [6.45, 7) is 7.62. The van der Waals surface area contributed by atoms with Gasteiger partial charge >= 0.3 is 0 Å². The number of amides is 1. The van der Waals surface area contributed by atoms with Gasteiger partial charge < -0.3 is 10.1 Å². The van der Waals surface area contributed by atoms with E-state index in [2.05, 4.69) is 20.0 Å². The Balaban J connectivity index is 1.91. The lowest BCUT2D eigenvalue weighted by atomic mass is 10.1. The number of hydrogen-bond donors (Lipinski definition) is 2. The topological polar surface area (TPSA) is 110 Å². The largest absolute Gasteiger partial charge is 0.480 e. The monoisotopic (exact) mass is 460 g/mol. The number of carbonyl (C=O) groups is 1. The zero-order valence-corrected chi connectivity index (χ0v) is 19.5. The van der Waals surface area contributed by atoms with Crippen molar-refractivity contribution in [3.8, 4) is 5.88 Å². The molecule has 2 N–H and O–H groups in total. The zero-order chi connectivity index (χ0) is 22.8. The molecule has 1 amide bonds. The first-order chi connectivity index (χ1) is 14.6. The Morgan fingerprint density at radius 3 is 2.45 bits per heavy atom. The van der Waals surface area contributed by atoms with Crippen molar-refractivity contribution in [1.82, 2.24) is 9.97 Å². The summed E-state index contributed by atoms with van der Waals surface area (Å²) in [7, 11) is -2.70. The number of nitrogens with one attached hydrogen (secondary N) is 2. The second-order valence-corrected chi connectivity index (χ2v) is 9.82. The molecule has 164 valence electrons. The molecule has 0 unspecified atom stereocenters. The van der Waals surface area contributed by atoms with E-state index >= 15 is 0 Å². The molecule has 0 fully saturated rings. The number of sulfonamides is 1. The van der Waals surface area contributed by atoms with E-state index in [-0.39, 0.29) is 28.1 Å². The summed E-state index contributed by atoms with van der Waals surface area (Å²) in [5.41, 5.74) is 2.53. The van der Waals surface area contributed by atoms with Crippen molar-refractivity contribution in [1.29, 1.82) is 0 Å². The molecule has 0 radical (unpaired) electrons. The van der Waals surface area contributed by atoms with Gasteiger partial charge in [-0.1, -0.05) is 32.0 Å². The Morgan fingerprint density at radius 1 is 1.19 bits per heavy atom. The van der Waals surface area contributed by atoms with Gasteiger partial charge in [-0.25, -0.2) is 18.4 Å². The van der Waals surface area contributed by atoms with Crippen molar-refractivity contribution in [2.45, 2.75) is 38.5 Å². The molecule has 1 aromatic carbocycles. The predicted molar refractivity (Wildman–Crippen MR) is 122 cm³/mol. The van der Waals surface area contributed by atoms with Crippen LogP contribution < -0.4 is 14.8 Å². The van der Waals surface area contributed by atoms with E-state index in [1.54, 1.807) is 5.38 Å². The molecule has 0 bridgehead atoms. The van der Waals surface area contributed by atoms with Gasteiger partial charge in [0.2, 0.25) is 5.88 Å². The fraction of sp³-hybridized carbons (Fsp3) is 0.286. The number of aromatic nitrogens is 2. The van der Waals surface area contributed by atoms with E-state index in [0.717, 1.165) is 16.1 Å². The van der Waals surface area contributed by atoms with Crippen molar-refractivity contribution in [2.24, 2.45) is 0 Å². The number of anilines is 2. The summed E-state index contributed by atoms with van der Waals surface area (Å²) < 4.78 is 34.0. The molecule has 31 heavy (non-hydrogen) atoms. The summed E-state index contributed by atoms with van der Waals surface area (Å²) in [5.74, 6) is -0.310. The van der Waals surface area contributed by atoms with Gasteiger partial charge in [0.15, 0.2) is 4.90 Å². The lowest BCUT2D eigenvalue weighted by molar-refractivity contribution is 0.102. The zero-order valence-electron chi connectivity index (χ0n) is 17.9. The van der Waals surface area contributed by atoms with Crippen molar-refractivity contribution < 1.29 is 17.9 Å². The van der Waals surface area contributed by atoms with E-state index in [0.29, 0.717) is 5.69 Å². The Labute approximate surface area is 185 Å². The fourth-order valence-corrected chi connectivity index (χ4v) is 5.03. The van der Waals surface area contributed by atoms with Crippen LogP contribution in [0, 0.1) is 13.8 Å². The molecule has 0 saturated heterocycles. The smallest absolute Gasteiger partial charge is 0.275 e. The van der Waals surface area contributed by atoms with Gasteiger partial charge in [-0.3, -0.25) is 9.52 Å². The van der Waals surface area contributed by atoms with Gasteiger partial charge in [-0.2, -0.15) is 0 Å². The second-order valence-electron chi connectivity index (χ2n) is 7.28. The minimum atomic E-state index is -4.03. The van der Waals surface area contributed by atoms with Crippen LogP contribution in [-0.4, -0.2) is 31.4 Å². The average Bonchev–Trinajstić information content (AvgIpc) is 3.22. The van der Waals surface area contributed by atoms with Gasteiger partial charge in [-0.15, -0.1) is 11.3 Å². The summed E-state index contributed by atoms with van der Waals surface area (Å²) in [4.78, 5) is 20.7. The minimum absolute atomic E-state index is 0.0764. The van der Waals surface area contributed by atoms with Crippen LogP contribution in [0.1, 0.15) is 46.4 Å². The standard InChI is InChI=1S/C21H24N4O4S2/c1-12(2)21-24-16(11-30-21)19(26)23-15-9-17(20(29-5)22-10-15)31(27,28)25-18-13(3)7-6-8-14(18)4/h6-12,25H,1-5H3,(H,23,26). The Bertz CT molecular complexity index is 1200. The molecular weight excluding hydrogens is 436 g/mol. The highest BCUT2D eigenvalue weighted by molar-refractivity contribution is 7.92.